The first-order valence-corrected chi connectivity index (χ1v) is 5.30. The maximum atomic E-state index is 12.1. The largest absolute Gasteiger partial charge is 0.471 e. The van der Waals surface area contributed by atoms with Gasteiger partial charge in [0.2, 0.25) is 0 Å². The summed E-state index contributed by atoms with van der Waals surface area (Å²) < 4.78 is 41.3. The predicted molar refractivity (Wildman–Crippen MR) is 60.4 cm³/mol. The highest BCUT2D eigenvalue weighted by Gasteiger charge is 2.38. The average molecular weight is 270 g/mol. The van der Waals surface area contributed by atoms with E-state index in [2.05, 4.69) is 4.98 Å². The van der Waals surface area contributed by atoms with Gasteiger partial charge in [0.15, 0.2) is 5.89 Å². The number of oxazole rings is 1. The van der Waals surface area contributed by atoms with E-state index < -0.39 is 12.1 Å². The molecule has 2 rings (SSSR count). The molecule has 2 aromatic rings. The van der Waals surface area contributed by atoms with Crippen LogP contribution in [0.3, 0.4) is 0 Å². The lowest BCUT2D eigenvalue weighted by Crippen LogP contribution is -2.29. The van der Waals surface area contributed by atoms with Crippen molar-refractivity contribution >= 4 is 11.6 Å². The average Bonchev–Trinajstić information content (AvgIpc) is 2.81. The Hall–Kier alpha value is -2.31. The van der Waals surface area contributed by atoms with Crippen molar-refractivity contribution in [1.82, 2.24) is 4.98 Å². The molecule has 19 heavy (non-hydrogen) atoms. The minimum absolute atomic E-state index is 0.0754. The standard InChI is InChI=1S/C12H9F3N2O2/c13-12(14,15)11(18)17-9-3-1-2-8(6-9)7-10-16-4-5-19-10/h1-6H,7H2,(H,17,18). The van der Waals surface area contributed by atoms with Crippen LogP contribution in [-0.4, -0.2) is 17.1 Å². The highest BCUT2D eigenvalue weighted by molar-refractivity contribution is 5.94. The van der Waals surface area contributed by atoms with Crippen molar-refractivity contribution in [2.45, 2.75) is 12.6 Å². The fourth-order valence-electron chi connectivity index (χ4n) is 1.48. The molecule has 0 saturated carbocycles. The Labute approximate surface area is 106 Å². The van der Waals surface area contributed by atoms with Crippen LogP contribution < -0.4 is 5.32 Å². The van der Waals surface area contributed by atoms with Crippen LogP contribution >= 0.6 is 0 Å². The molecule has 1 heterocycles. The monoisotopic (exact) mass is 270 g/mol. The number of rotatable bonds is 3. The number of alkyl halides is 3. The molecule has 0 aliphatic heterocycles. The first-order valence-electron chi connectivity index (χ1n) is 5.30. The van der Waals surface area contributed by atoms with E-state index >= 15 is 0 Å². The summed E-state index contributed by atoms with van der Waals surface area (Å²) in [5.74, 6) is -1.56. The number of amides is 1. The summed E-state index contributed by atoms with van der Waals surface area (Å²) in [7, 11) is 0. The number of nitrogens with zero attached hydrogens (tertiary/aromatic N) is 1. The van der Waals surface area contributed by atoms with Gasteiger partial charge in [0.05, 0.1) is 6.20 Å². The Morgan fingerprint density at radius 1 is 1.37 bits per heavy atom. The number of nitrogens with one attached hydrogen (secondary N) is 1. The van der Waals surface area contributed by atoms with Gasteiger partial charge in [-0.2, -0.15) is 13.2 Å². The zero-order valence-corrected chi connectivity index (χ0v) is 9.57. The Morgan fingerprint density at radius 2 is 2.16 bits per heavy atom. The van der Waals surface area contributed by atoms with Crippen LogP contribution in [0.1, 0.15) is 11.5 Å². The number of carbonyl (C=O) groups is 1. The number of aromatic nitrogens is 1. The van der Waals surface area contributed by atoms with Crippen LogP contribution in [0.4, 0.5) is 18.9 Å². The summed E-state index contributed by atoms with van der Waals surface area (Å²) >= 11 is 0. The molecule has 1 N–H and O–H groups in total. The SMILES string of the molecule is O=C(Nc1cccc(Cc2ncco2)c1)C(F)(F)F. The fraction of sp³-hybridized carbons (Fsp3) is 0.167. The quantitative estimate of drug-likeness (QED) is 0.933. The van der Waals surface area contributed by atoms with Gasteiger partial charge in [0.25, 0.3) is 0 Å². The Balaban J connectivity index is 2.09. The van der Waals surface area contributed by atoms with E-state index in [1.165, 1.54) is 24.6 Å². The van der Waals surface area contributed by atoms with Gasteiger partial charge < -0.3 is 9.73 Å². The summed E-state index contributed by atoms with van der Waals surface area (Å²) in [5.41, 5.74) is 0.758. The van der Waals surface area contributed by atoms with Crippen LogP contribution in [0, 0.1) is 0 Å². The second-order valence-corrected chi connectivity index (χ2v) is 3.75. The van der Waals surface area contributed by atoms with Gasteiger partial charge in [0.1, 0.15) is 6.26 Å². The van der Waals surface area contributed by atoms with Crippen molar-refractivity contribution in [3.05, 3.63) is 48.2 Å². The molecule has 1 aromatic heterocycles. The first kappa shape index (κ1) is 13.1. The van der Waals surface area contributed by atoms with Crippen molar-refractivity contribution in [2.75, 3.05) is 5.32 Å². The second kappa shape index (κ2) is 5.13. The Morgan fingerprint density at radius 3 is 2.79 bits per heavy atom. The number of halogens is 3. The molecular weight excluding hydrogens is 261 g/mol. The van der Waals surface area contributed by atoms with E-state index in [9.17, 15) is 18.0 Å². The first-order chi connectivity index (χ1) is 8.95. The van der Waals surface area contributed by atoms with Crippen LogP contribution in [0.15, 0.2) is 41.1 Å². The third-order valence-electron chi connectivity index (χ3n) is 2.28. The molecule has 0 aliphatic carbocycles. The number of anilines is 1. The van der Waals surface area contributed by atoms with E-state index in [4.69, 9.17) is 4.42 Å². The van der Waals surface area contributed by atoms with E-state index in [-0.39, 0.29) is 5.69 Å². The fourth-order valence-corrected chi connectivity index (χ4v) is 1.48. The minimum Gasteiger partial charge on any atom is -0.449 e. The summed E-state index contributed by atoms with van der Waals surface area (Å²) in [4.78, 5) is 14.7. The van der Waals surface area contributed by atoms with Gasteiger partial charge in [-0.15, -0.1) is 0 Å². The number of hydrogen-bond acceptors (Lipinski definition) is 3. The van der Waals surface area contributed by atoms with E-state index in [1.54, 1.807) is 17.4 Å². The van der Waals surface area contributed by atoms with Gasteiger partial charge in [-0.1, -0.05) is 12.1 Å². The van der Waals surface area contributed by atoms with Crippen molar-refractivity contribution in [1.29, 1.82) is 0 Å². The van der Waals surface area contributed by atoms with Crippen LogP contribution in [0.25, 0.3) is 0 Å². The molecule has 0 aliphatic rings. The lowest BCUT2D eigenvalue weighted by molar-refractivity contribution is -0.167. The summed E-state index contributed by atoms with van der Waals surface area (Å²) in [6.07, 6.45) is -1.68. The van der Waals surface area contributed by atoms with Gasteiger partial charge in [-0.05, 0) is 17.7 Å². The van der Waals surface area contributed by atoms with Crippen LogP contribution in [0.5, 0.6) is 0 Å². The third-order valence-corrected chi connectivity index (χ3v) is 2.28. The van der Waals surface area contributed by atoms with Gasteiger partial charge in [0, 0.05) is 12.1 Å². The molecule has 1 aromatic carbocycles. The molecular formula is C12H9F3N2O2. The van der Waals surface area contributed by atoms with Crippen molar-refractivity contribution in [3.8, 4) is 0 Å². The molecule has 0 spiro atoms. The van der Waals surface area contributed by atoms with Crippen molar-refractivity contribution in [3.63, 3.8) is 0 Å². The molecule has 7 heteroatoms. The van der Waals surface area contributed by atoms with E-state index in [0.717, 1.165) is 0 Å². The minimum atomic E-state index is -4.90. The second-order valence-electron chi connectivity index (χ2n) is 3.75. The highest BCUT2D eigenvalue weighted by Crippen LogP contribution is 2.19. The van der Waals surface area contributed by atoms with Crippen LogP contribution in [-0.2, 0) is 11.2 Å². The maximum absolute atomic E-state index is 12.1. The van der Waals surface area contributed by atoms with E-state index in [0.29, 0.717) is 17.9 Å². The molecule has 0 atom stereocenters. The molecule has 100 valence electrons. The Bertz CT molecular complexity index is 565. The molecule has 0 fully saturated rings. The molecule has 0 saturated heterocycles. The summed E-state index contributed by atoms with van der Waals surface area (Å²) in [6.45, 7) is 0. The number of hydrogen-bond donors (Lipinski definition) is 1. The maximum Gasteiger partial charge on any atom is 0.471 e. The molecule has 0 unspecified atom stereocenters. The summed E-state index contributed by atoms with van der Waals surface area (Å²) in [5, 5.41) is 1.79. The van der Waals surface area contributed by atoms with Gasteiger partial charge in [-0.25, -0.2) is 4.98 Å². The van der Waals surface area contributed by atoms with Crippen molar-refractivity contribution in [2.24, 2.45) is 0 Å². The Kier molecular flexibility index (Phi) is 3.55. The van der Waals surface area contributed by atoms with Gasteiger partial charge >= 0.3 is 12.1 Å². The van der Waals surface area contributed by atoms with E-state index in [1.807, 2.05) is 0 Å². The zero-order valence-electron chi connectivity index (χ0n) is 9.57. The van der Waals surface area contributed by atoms with Crippen molar-refractivity contribution < 1.29 is 22.4 Å². The molecule has 0 radical (unpaired) electrons. The molecule has 1 amide bonds. The van der Waals surface area contributed by atoms with Gasteiger partial charge in [-0.3, -0.25) is 4.79 Å². The smallest absolute Gasteiger partial charge is 0.449 e. The topological polar surface area (TPSA) is 55.1 Å². The number of benzene rings is 1. The highest BCUT2D eigenvalue weighted by atomic mass is 19.4. The lowest BCUT2D eigenvalue weighted by atomic mass is 10.1. The normalized spacial score (nSPS) is 11.3. The van der Waals surface area contributed by atoms with Crippen LogP contribution in [0.2, 0.25) is 0 Å². The number of carbonyl (C=O) groups excluding carboxylic acids is 1. The predicted octanol–water partition coefficient (Wildman–Crippen LogP) is 2.77. The lowest BCUT2D eigenvalue weighted by Gasteiger charge is -2.08. The summed E-state index contributed by atoms with van der Waals surface area (Å²) in [6, 6.07) is 6.06. The zero-order chi connectivity index (χ0) is 13.9. The molecule has 4 nitrogen and oxygen atoms in total. The molecule has 0 bridgehead atoms. The third kappa shape index (κ3) is 3.57.